The quantitative estimate of drug-likeness (QED) is 0.826. The van der Waals surface area contributed by atoms with E-state index in [1.165, 1.54) is 10.5 Å². The van der Waals surface area contributed by atoms with Gasteiger partial charge in [-0.3, -0.25) is 4.79 Å². The van der Waals surface area contributed by atoms with Crippen LogP contribution in [0.15, 0.2) is 59.5 Å². The van der Waals surface area contributed by atoms with Crippen LogP contribution in [0.25, 0.3) is 0 Å². The molecule has 1 aliphatic heterocycles. The molecule has 2 aromatic rings. The van der Waals surface area contributed by atoms with E-state index < -0.39 is 0 Å². The van der Waals surface area contributed by atoms with Crippen LogP contribution in [0.2, 0.25) is 0 Å². The molecule has 0 saturated carbocycles. The second-order valence-corrected chi connectivity index (χ2v) is 7.44. The number of carbonyl (C=O) groups excluding carboxylic acids is 1. The summed E-state index contributed by atoms with van der Waals surface area (Å²) in [5, 5.41) is 3.06. The number of nitrogens with zero attached hydrogens (tertiary/aromatic N) is 1. The molecule has 3 rings (SSSR count). The number of piperidine rings is 1. The van der Waals surface area contributed by atoms with Gasteiger partial charge in [-0.05, 0) is 56.3 Å². The van der Waals surface area contributed by atoms with E-state index in [-0.39, 0.29) is 11.8 Å². The van der Waals surface area contributed by atoms with Crippen molar-refractivity contribution in [2.24, 2.45) is 5.92 Å². The van der Waals surface area contributed by atoms with Crippen molar-refractivity contribution in [1.82, 2.24) is 4.90 Å². The van der Waals surface area contributed by atoms with Crippen LogP contribution in [0.3, 0.4) is 0 Å². The number of thioether (sulfide) groups is 1. The van der Waals surface area contributed by atoms with Crippen LogP contribution in [0, 0.1) is 5.92 Å². The molecule has 4 heteroatoms. The Labute approximate surface area is 148 Å². The second kappa shape index (κ2) is 8.36. The fourth-order valence-electron chi connectivity index (χ4n) is 2.99. The number of nitrogens with one attached hydrogen (secondary N) is 1. The van der Waals surface area contributed by atoms with Crippen LogP contribution in [0.1, 0.15) is 18.4 Å². The molecule has 126 valence electrons. The van der Waals surface area contributed by atoms with Gasteiger partial charge in [0.25, 0.3) is 0 Å². The Morgan fingerprint density at radius 2 is 1.92 bits per heavy atom. The minimum Gasteiger partial charge on any atom is -0.326 e. The summed E-state index contributed by atoms with van der Waals surface area (Å²) < 4.78 is 0. The van der Waals surface area contributed by atoms with Crippen LogP contribution >= 0.6 is 11.8 Å². The largest absolute Gasteiger partial charge is 0.326 e. The zero-order valence-corrected chi connectivity index (χ0v) is 14.9. The molecule has 0 radical (unpaired) electrons. The van der Waals surface area contributed by atoms with Gasteiger partial charge in [-0.15, -0.1) is 11.8 Å². The number of amides is 1. The lowest BCUT2D eigenvalue weighted by Gasteiger charge is -2.28. The Bertz CT molecular complexity index is 657. The zero-order valence-electron chi connectivity index (χ0n) is 14.1. The summed E-state index contributed by atoms with van der Waals surface area (Å²) in [5.41, 5.74) is 2.15. The van der Waals surface area contributed by atoms with E-state index in [4.69, 9.17) is 0 Å². The SMILES string of the molecule is CN1CCC[C@H](C(=O)Nc2ccc(CSc3ccccc3)cc2)C1. The standard InChI is InChI=1S/C20H24N2OS/c1-22-13-5-6-17(14-22)20(23)21-18-11-9-16(10-12-18)15-24-19-7-3-2-4-8-19/h2-4,7-12,17H,5-6,13-15H2,1H3,(H,21,23)/t17-/m0/s1. The minimum atomic E-state index is 0.108. The van der Waals surface area contributed by atoms with Gasteiger partial charge < -0.3 is 10.2 Å². The molecule has 0 aliphatic carbocycles. The smallest absolute Gasteiger partial charge is 0.228 e. The molecule has 2 aromatic carbocycles. The van der Waals surface area contributed by atoms with Crippen molar-refractivity contribution in [2.75, 3.05) is 25.5 Å². The molecule has 1 fully saturated rings. The average Bonchev–Trinajstić information content (AvgIpc) is 2.62. The highest BCUT2D eigenvalue weighted by molar-refractivity contribution is 7.98. The van der Waals surface area contributed by atoms with Crippen molar-refractivity contribution in [3.63, 3.8) is 0 Å². The monoisotopic (exact) mass is 340 g/mol. The van der Waals surface area contributed by atoms with E-state index >= 15 is 0 Å². The minimum absolute atomic E-state index is 0.108. The molecule has 3 nitrogen and oxygen atoms in total. The van der Waals surface area contributed by atoms with Crippen molar-refractivity contribution in [3.8, 4) is 0 Å². The van der Waals surface area contributed by atoms with E-state index in [1.807, 2.05) is 30.0 Å². The summed E-state index contributed by atoms with van der Waals surface area (Å²) in [5.74, 6) is 1.19. The summed E-state index contributed by atoms with van der Waals surface area (Å²) in [7, 11) is 2.08. The lowest BCUT2D eigenvalue weighted by Crippen LogP contribution is -2.38. The Morgan fingerprint density at radius 3 is 2.62 bits per heavy atom. The lowest BCUT2D eigenvalue weighted by molar-refractivity contribution is -0.121. The third-order valence-corrected chi connectivity index (χ3v) is 5.45. The van der Waals surface area contributed by atoms with Crippen LogP contribution in [-0.4, -0.2) is 30.9 Å². The number of hydrogen-bond donors (Lipinski definition) is 1. The second-order valence-electron chi connectivity index (χ2n) is 6.39. The number of anilines is 1. The molecule has 0 aromatic heterocycles. The molecule has 1 atom stereocenters. The van der Waals surface area contributed by atoms with Crippen molar-refractivity contribution >= 4 is 23.4 Å². The third kappa shape index (κ3) is 4.86. The topological polar surface area (TPSA) is 32.3 Å². The first-order chi connectivity index (χ1) is 11.7. The summed E-state index contributed by atoms with van der Waals surface area (Å²) in [6.45, 7) is 1.95. The van der Waals surface area contributed by atoms with Gasteiger partial charge in [-0.2, -0.15) is 0 Å². The molecule has 1 saturated heterocycles. The number of carbonyl (C=O) groups is 1. The maximum absolute atomic E-state index is 12.4. The summed E-state index contributed by atoms with van der Waals surface area (Å²) in [6.07, 6.45) is 2.09. The maximum atomic E-state index is 12.4. The Balaban J connectivity index is 1.51. The van der Waals surface area contributed by atoms with Gasteiger partial charge >= 0.3 is 0 Å². The molecule has 1 heterocycles. The Morgan fingerprint density at radius 1 is 1.17 bits per heavy atom. The molecular weight excluding hydrogens is 316 g/mol. The fourth-order valence-corrected chi connectivity index (χ4v) is 3.87. The molecule has 0 spiro atoms. The van der Waals surface area contributed by atoms with E-state index in [9.17, 15) is 4.79 Å². The predicted octanol–water partition coefficient (Wildman–Crippen LogP) is 4.26. The highest BCUT2D eigenvalue weighted by Crippen LogP contribution is 2.23. The van der Waals surface area contributed by atoms with E-state index in [2.05, 4.69) is 53.7 Å². The van der Waals surface area contributed by atoms with Gasteiger partial charge in [0.1, 0.15) is 0 Å². The van der Waals surface area contributed by atoms with Crippen molar-refractivity contribution in [2.45, 2.75) is 23.5 Å². The normalized spacial score (nSPS) is 18.3. The Kier molecular flexibility index (Phi) is 5.94. The molecule has 1 aliphatic rings. The first-order valence-electron chi connectivity index (χ1n) is 8.47. The molecule has 0 unspecified atom stereocenters. The van der Waals surface area contributed by atoms with Crippen molar-refractivity contribution in [3.05, 3.63) is 60.2 Å². The number of likely N-dealkylation sites (tertiary alicyclic amines) is 1. The molecule has 24 heavy (non-hydrogen) atoms. The van der Waals surface area contributed by atoms with Gasteiger partial charge in [-0.25, -0.2) is 0 Å². The first kappa shape index (κ1) is 17.1. The molecule has 1 amide bonds. The fraction of sp³-hybridized carbons (Fsp3) is 0.350. The lowest BCUT2D eigenvalue weighted by atomic mass is 9.97. The number of rotatable bonds is 5. The van der Waals surface area contributed by atoms with Crippen LogP contribution < -0.4 is 5.32 Å². The van der Waals surface area contributed by atoms with Gasteiger partial charge in [0.15, 0.2) is 0 Å². The first-order valence-corrected chi connectivity index (χ1v) is 9.45. The summed E-state index contributed by atoms with van der Waals surface area (Å²) in [6, 6.07) is 18.6. The number of benzene rings is 2. The average molecular weight is 340 g/mol. The van der Waals surface area contributed by atoms with E-state index in [0.29, 0.717) is 0 Å². The predicted molar refractivity (Wildman–Crippen MR) is 101 cm³/mol. The Hall–Kier alpha value is -1.78. The van der Waals surface area contributed by atoms with Crippen molar-refractivity contribution < 1.29 is 4.79 Å². The third-order valence-electron chi connectivity index (χ3n) is 4.37. The van der Waals surface area contributed by atoms with Gasteiger partial charge in [0.2, 0.25) is 5.91 Å². The van der Waals surface area contributed by atoms with Gasteiger partial charge in [0, 0.05) is 22.9 Å². The van der Waals surface area contributed by atoms with Crippen LogP contribution in [0.5, 0.6) is 0 Å². The van der Waals surface area contributed by atoms with Crippen LogP contribution in [-0.2, 0) is 10.5 Å². The highest BCUT2D eigenvalue weighted by atomic mass is 32.2. The van der Waals surface area contributed by atoms with E-state index in [1.54, 1.807) is 0 Å². The molecule has 0 bridgehead atoms. The van der Waals surface area contributed by atoms with Gasteiger partial charge in [0.05, 0.1) is 5.92 Å². The van der Waals surface area contributed by atoms with Gasteiger partial charge in [-0.1, -0.05) is 30.3 Å². The van der Waals surface area contributed by atoms with E-state index in [0.717, 1.165) is 37.4 Å². The molecular formula is C20H24N2OS. The van der Waals surface area contributed by atoms with Crippen molar-refractivity contribution in [1.29, 1.82) is 0 Å². The highest BCUT2D eigenvalue weighted by Gasteiger charge is 2.23. The van der Waals surface area contributed by atoms with Crippen LogP contribution in [0.4, 0.5) is 5.69 Å². The zero-order chi connectivity index (χ0) is 16.8. The maximum Gasteiger partial charge on any atom is 0.228 e. The number of hydrogen-bond acceptors (Lipinski definition) is 3. The summed E-state index contributed by atoms with van der Waals surface area (Å²) in [4.78, 5) is 15.9. The summed E-state index contributed by atoms with van der Waals surface area (Å²) >= 11 is 1.82. The molecule has 1 N–H and O–H groups in total.